The normalized spacial score (nSPS) is 12.2. The second kappa shape index (κ2) is 7.48. The smallest absolute Gasteiger partial charge is 0.226 e. The number of likely N-dealkylation sites (N-methyl/N-ethyl adjacent to an activating group) is 1. The number of hydrogen-bond donors (Lipinski definition) is 0. The van der Waals surface area contributed by atoms with Crippen molar-refractivity contribution in [2.75, 3.05) is 27.3 Å². The SMILES string of the molecule is COCC(Br)CN(C)C(=O)Cc1cccc(F)c1. The van der Waals surface area contributed by atoms with E-state index >= 15 is 0 Å². The number of amides is 1. The van der Waals surface area contributed by atoms with E-state index in [1.807, 2.05) is 0 Å². The number of carbonyl (C=O) groups excluding carboxylic acids is 1. The highest BCUT2D eigenvalue weighted by Gasteiger charge is 2.14. The fourth-order valence-corrected chi connectivity index (χ4v) is 2.29. The van der Waals surface area contributed by atoms with Gasteiger partial charge in [-0.3, -0.25) is 4.79 Å². The van der Waals surface area contributed by atoms with Crippen LogP contribution in [0.2, 0.25) is 0 Å². The van der Waals surface area contributed by atoms with Crippen molar-refractivity contribution in [1.82, 2.24) is 4.90 Å². The topological polar surface area (TPSA) is 29.5 Å². The van der Waals surface area contributed by atoms with Crippen LogP contribution in [0.25, 0.3) is 0 Å². The molecule has 1 aromatic rings. The summed E-state index contributed by atoms with van der Waals surface area (Å²) in [7, 11) is 3.34. The fraction of sp³-hybridized carbons (Fsp3) is 0.462. The molecule has 1 aromatic carbocycles. The van der Waals surface area contributed by atoms with Gasteiger partial charge < -0.3 is 9.64 Å². The molecule has 1 amide bonds. The second-order valence-electron chi connectivity index (χ2n) is 4.13. The molecule has 0 aromatic heterocycles. The van der Waals surface area contributed by atoms with E-state index in [0.717, 1.165) is 0 Å². The van der Waals surface area contributed by atoms with Gasteiger partial charge in [0.05, 0.1) is 17.9 Å². The van der Waals surface area contributed by atoms with Gasteiger partial charge in [-0.15, -0.1) is 0 Å². The molecule has 5 heteroatoms. The Bertz CT molecular complexity index is 400. The van der Waals surface area contributed by atoms with Crippen LogP contribution in [0.5, 0.6) is 0 Å². The van der Waals surface area contributed by atoms with Crippen molar-refractivity contribution < 1.29 is 13.9 Å². The Hall–Kier alpha value is -0.940. The minimum absolute atomic E-state index is 0.0406. The van der Waals surface area contributed by atoms with Gasteiger partial charge in [0.2, 0.25) is 5.91 Å². The largest absolute Gasteiger partial charge is 0.383 e. The summed E-state index contributed by atoms with van der Waals surface area (Å²) in [6, 6.07) is 6.10. The van der Waals surface area contributed by atoms with Gasteiger partial charge in [0.15, 0.2) is 0 Å². The molecule has 0 radical (unpaired) electrons. The Morgan fingerprint density at radius 3 is 2.89 bits per heavy atom. The third-order valence-corrected chi connectivity index (χ3v) is 3.04. The first-order valence-corrected chi connectivity index (χ1v) is 6.56. The lowest BCUT2D eigenvalue weighted by molar-refractivity contribution is -0.129. The first-order valence-electron chi connectivity index (χ1n) is 5.64. The van der Waals surface area contributed by atoms with Gasteiger partial charge in [0.1, 0.15) is 5.82 Å². The average Bonchev–Trinajstić information content (AvgIpc) is 2.29. The molecule has 0 bridgehead atoms. The summed E-state index contributed by atoms with van der Waals surface area (Å²) in [4.78, 5) is 13.6. The minimum atomic E-state index is -0.319. The van der Waals surface area contributed by atoms with Gasteiger partial charge in [-0.2, -0.15) is 0 Å². The van der Waals surface area contributed by atoms with Crippen LogP contribution in [0.15, 0.2) is 24.3 Å². The summed E-state index contributed by atoms with van der Waals surface area (Å²) in [6.07, 6.45) is 0.209. The van der Waals surface area contributed by atoms with E-state index in [2.05, 4.69) is 15.9 Å². The number of halogens is 2. The van der Waals surface area contributed by atoms with Crippen LogP contribution < -0.4 is 0 Å². The van der Waals surface area contributed by atoms with Crippen molar-refractivity contribution in [3.05, 3.63) is 35.6 Å². The number of rotatable bonds is 6. The van der Waals surface area contributed by atoms with Crippen LogP contribution in [-0.4, -0.2) is 42.9 Å². The second-order valence-corrected chi connectivity index (χ2v) is 5.43. The molecular formula is C13H17BrFNO2. The highest BCUT2D eigenvalue weighted by Crippen LogP contribution is 2.07. The van der Waals surface area contributed by atoms with Gasteiger partial charge in [0, 0.05) is 20.7 Å². The maximum atomic E-state index is 13.0. The monoisotopic (exact) mass is 317 g/mol. The lowest BCUT2D eigenvalue weighted by Crippen LogP contribution is -2.34. The average molecular weight is 318 g/mol. The summed E-state index contributed by atoms with van der Waals surface area (Å²) in [6.45, 7) is 1.10. The summed E-state index contributed by atoms with van der Waals surface area (Å²) in [5.41, 5.74) is 0.685. The Morgan fingerprint density at radius 2 is 2.28 bits per heavy atom. The highest BCUT2D eigenvalue weighted by atomic mass is 79.9. The standard InChI is InChI=1S/C13H17BrFNO2/c1-16(8-11(14)9-18-2)13(17)7-10-4-3-5-12(15)6-10/h3-6,11H,7-9H2,1-2H3. The van der Waals surface area contributed by atoms with Crippen LogP contribution in [0, 0.1) is 5.82 Å². The zero-order chi connectivity index (χ0) is 13.5. The third kappa shape index (κ3) is 5.14. The summed E-state index contributed by atoms with van der Waals surface area (Å²) < 4.78 is 18.0. The number of methoxy groups -OCH3 is 1. The summed E-state index contributed by atoms with van der Waals surface area (Å²) in [5, 5.41) is 0. The number of hydrogen-bond acceptors (Lipinski definition) is 2. The quantitative estimate of drug-likeness (QED) is 0.753. The molecule has 100 valence electrons. The van der Waals surface area contributed by atoms with Crippen molar-refractivity contribution >= 4 is 21.8 Å². The first kappa shape index (κ1) is 15.1. The molecule has 0 aliphatic heterocycles. The van der Waals surface area contributed by atoms with E-state index in [0.29, 0.717) is 18.7 Å². The van der Waals surface area contributed by atoms with Gasteiger partial charge in [0.25, 0.3) is 0 Å². The van der Waals surface area contributed by atoms with Gasteiger partial charge in [-0.25, -0.2) is 4.39 Å². The number of ether oxygens (including phenoxy) is 1. The molecule has 18 heavy (non-hydrogen) atoms. The molecule has 1 atom stereocenters. The predicted molar refractivity (Wildman–Crippen MR) is 72.3 cm³/mol. The molecule has 1 unspecified atom stereocenters. The lowest BCUT2D eigenvalue weighted by Gasteiger charge is -2.20. The van der Waals surface area contributed by atoms with E-state index in [1.54, 1.807) is 31.2 Å². The van der Waals surface area contributed by atoms with Crippen LogP contribution in [0.1, 0.15) is 5.56 Å². The number of alkyl halides is 1. The van der Waals surface area contributed by atoms with Crippen molar-refractivity contribution in [2.45, 2.75) is 11.2 Å². The number of nitrogens with zero attached hydrogens (tertiary/aromatic N) is 1. The summed E-state index contributed by atoms with van der Waals surface area (Å²) in [5.74, 6) is -0.359. The van der Waals surface area contributed by atoms with E-state index in [4.69, 9.17) is 4.74 Å². The number of benzene rings is 1. The maximum absolute atomic E-state index is 13.0. The highest BCUT2D eigenvalue weighted by molar-refractivity contribution is 9.09. The van der Waals surface area contributed by atoms with Crippen LogP contribution in [0.4, 0.5) is 4.39 Å². The Labute approximate surface area is 115 Å². The van der Waals surface area contributed by atoms with E-state index in [1.165, 1.54) is 12.1 Å². The van der Waals surface area contributed by atoms with Crippen LogP contribution in [-0.2, 0) is 16.0 Å². The third-order valence-electron chi connectivity index (χ3n) is 2.49. The lowest BCUT2D eigenvalue weighted by atomic mass is 10.1. The Morgan fingerprint density at radius 1 is 1.56 bits per heavy atom. The van der Waals surface area contributed by atoms with Crippen molar-refractivity contribution in [1.29, 1.82) is 0 Å². The molecule has 1 rings (SSSR count). The van der Waals surface area contributed by atoms with Gasteiger partial charge in [-0.1, -0.05) is 28.1 Å². The molecule has 0 spiro atoms. The molecule has 0 aliphatic carbocycles. The first-order chi connectivity index (χ1) is 8.52. The zero-order valence-corrected chi connectivity index (χ0v) is 12.1. The van der Waals surface area contributed by atoms with Gasteiger partial charge in [-0.05, 0) is 17.7 Å². The molecule has 0 heterocycles. The molecule has 0 fully saturated rings. The van der Waals surface area contributed by atoms with Crippen LogP contribution >= 0.6 is 15.9 Å². The van der Waals surface area contributed by atoms with Crippen molar-refractivity contribution in [3.63, 3.8) is 0 Å². The maximum Gasteiger partial charge on any atom is 0.226 e. The molecule has 0 aliphatic rings. The number of carbonyl (C=O) groups is 1. The molecule has 0 N–H and O–H groups in total. The van der Waals surface area contributed by atoms with Crippen LogP contribution in [0.3, 0.4) is 0 Å². The van der Waals surface area contributed by atoms with E-state index in [-0.39, 0.29) is 23.0 Å². The molecule has 0 saturated carbocycles. The van der Waals surface area contributed by atoms with E-state index in [9.17, 15) is 9.18 Å². The Balaban J connectivity index is 2.49. The van der Waals surface area contributed by atoms with Crippen molar-refractivity contribution in [2.24, 2.45) is 0 Å². The van der Waals surface area contributed by atoms with Gasteiger partial charge >= 0.3 is 0 Å². The predicted octanol–water partition coefficient (Wildman–Crippen LogP) is 2.24. The van der Waals surface area contributed by atoms with Crippen molar-refractivity contribution in [3.8, 4) is 0 Å². The molecule has 0 saturated heterocycles. The zero-order valence-electron chi connectivity index (χ0n) is 10.5. The minimum Gasteiger partial charge on any atom is -0.383 e. The fourth-order valence-electron chi connectivity index (χ4n) is 1.59. The molecular weight excluding hydrogens is 301 g/mol. The molecule has 3 nitrogen and oxygen atoms in total. The summed E-state index contributed by atoms with van der Waals surface area (Å²) >= 11 is 3.43. The Kier molecular flexibility index (Phi) is 6.29. The van der Waals surface area contributed by atoms with E-state index < -0.39 is 0 Å².